The van der Waals surface area contributed by atoms with Crippen LogP contribution in [0.3, 0.4) is 0 Å². The van der Waals surface area contributed by atoms with Crippen LogP contribution in [0.5, 0.6) is 0 Å². The lowest BCUT2D eigenvalue weighted by atomic mass is 9.97. The highest BCUT2D eigenvalue weighted by Crippen LogP contribution is 2.34. The van der Waals surface area contributed by atoms with Crippen LogP contribution in [-0.4, -0.2) is 144 Å². The van der Waals surface area contributed by atoms with E-state index in [1.54, 1.807) is 0 Å². The molecular weight excluding hydrogens is 566 g/mol. The number of aliphatic hydroxyl groups excluding tert-OH is 7. The Bertz CT molecular complexity index is 872. The van der Waals surface area contributed by atoms with Gasteiger partial charge in [-0.05, 0) is 19.3 Å². The molecule has 16 nitrogen and oxygen atoms in total. The number of thioether (sulfide) groups is 1. The van der Waals surface area contributed by atoms with Crippen molar-refractivity contribution in [3.05, 3.63) is 0 Å². The number of nitrogens with zero attached hydrogens (tertiary/aromatic N) is 1. The van der Waals surface area contributed by atoms with Crippen molar-refractivity contribution in [2.45, 2.75) is 79.8 Å². The minimum absolute atomic E-state index is 0.0641. The molecule has 0 bridgehead atoms. The number of unbranched alkanes of at least 4 members (excludes halogenated alkanes) is 1. The summed E-state index contributed by atoms with van der Waals surface area (Å²) in [7, 11) is -6.01. The summed E-state index contributed by atoms with van der Waals surface area (Å²) >= 11 is 0.637. The first kappa shape index (κ1) is 32.7. The topological polar surface area (TPSA) is 262 Å². The summed E-state index contributed by atoms with van der Waals surface area (Å²) in [6.07, 6.45) is -12.2. The Kier molecular flexibility index (Phi) is 13.0. The van der Waals surface area contributed by atoms with E-state index in [1.807, 2.05) is 0 Å². The second kappa shape index (κ2) is 14.7. The molecule has 8 N–H and O–H groups in total. The van der Waals surface area contributed by atoms with Crippen molar-refractivity contribution in [3.8, 4) is 0 Å². The van der Waals surface area contributed by atoms with Gasteiger partial charge in [0.25, 0.3) is 0 Å². The highest BCUT2D eigenvalue weighted by atomic mass is 32.3. The number of ether oxygens (including phenoxy) is 3. The number of hydrogen-bond donors (Lipinski definition) is 8. The number of hydrogen-bond acceptors (Lipinski definition) is 16. The average Bonchev–Trinajstić information content (AvgIpc) is 2.83. The molecule has 0 saturated carbocycles. The number of oxime groups is 1. The van der Waals surface area contributed by atoms with Gasteiger partial charge in [0.05, 0.1) is 13.2 Å². The minimum Gasteiger partial charge on any atom is -0.394 e. The molecule has 2 heterocycles. The van der Waals surface area contributed by atoms with E-state index in [9.17, 15) is 48.4 Å². The van der Waals surface area contributed by atoms with Crippen molar-refractivity contribution >= 4 is 38.0 Å². The van der Waals surface area contributed by atoms with Gasteiger partial charge in [0.1, 0.15) is 59.3 Å². The summed E-state index contributed by atoms with van der Waals surface area (Å²) in [5.41, 5.74) is -1.34. The van der Waals surface area contributed by atoms with Gasteiger partial charge in [0, 0.05) is 22.8 Å². The highest BCUT2D eigenvalue weighted by Gasteiger charge is 2.50. The first-order valence-electron chi connectivity index (χ1n) is 11.1. The molecule has 2 aliphatic rings. The van der Waals surface area contributed by atoms with Crippen LogP contribution in [0.15, 0.2) is 5.16 Å². The van der Waals surface area contributed by atoms with E-state index in [0.29, 0.717) is 30.4 Å². The van der Waals surface area contributed by atoms with Gasteiger partial charge in [0.15, 0.2) is 6.29 Å². The maximum atomic E-state index is 11.2. The molecule has 0 aromatic carbocycles. The van der Waals surface area contributed by atoms with Gasteiger partial charge >= 0.3 is 10.4 Å². The van der Waals surface area contributed by atoms with Crippen LogP contribution in [0, 0.1) is 0 Å². The molecule has 2 fully saturated rings. The molecule has 19 heteroatoms. The van der Waals surface area contributed by atoms with Gasteiger partial charge < -0.3 is 50.0 Å². The fourth-order valence-electron chi connectivity index (χ4n) is 3.58. The summed E-state index contributed by atoms with van der Waals surface area (Å²) in [6.45, 7) is -1.50. The Hall–Kier alpha value is -0.520. The van der Waals surface area contributed by atoms with E-state index in [4.69, 9.17) is 18.8 Å². The van der Waals surface area contributed by atoms with Crippen molar-refractivity contribution < 1.29 is 71.4 Å². The summed E-state index contributed by atoms with van der Waals surface area (Å²) in [6, 6.07) is 0. The number of rotatable bonds is 12. The summed E-state index contributed by atoms with van der Waals surface area (Å²) in [4.78, 5) is 0. The molecule has 0 spiro atoms. The van der Waals surface area contributed by atoms with E-state index >= 15 is 0 Å². The zero-order valence-corrected chi connectivity index (χ0v) is 22.1. The third-order valence-corrected chi connectivity index (χ3v) is 7.82. The number of aliphatic hydroxyl groups is 7. The molecule has 1 unspecified atom stereocenters. The van der Waals surface area contributed by atoms with Crippen LogP contribution < -0.4 is 0 Å². The van der Waals surface area contributed by atoms with Crippen LogP contribution in [0.25, 0.3) is 0 Å². The van der Waals surface area contributed by atoms with Gasteiger partial charge in [-0.2, -0.15) is 8.42 Å². The second-order valence-electron chi connectivity index (χ2n) is 8.34. The van der Waals surface area contributed by atoms with Crippen LogP contribution in [0.1, 0.15) is 19.3 Å². The first-order chi connectivity index (χ1) is 17.3. The molecule has 11 atom stereocenters. The molecule has 0 aliphatic carbocycles. The SMILES string of the molecule is CS(=O)CCCC/C(=N/OS(=O)(=O)O)S[C@@H]1O[C@H](CO)[C@@H](O[C@H]2O[C@H](CO)[C@@H](O)[C@H](O)[C@H]2O)[C@H](O)[C@H]1O. The maximum Gasteiger partial charge on any atom is 0.466 e. The standard InChI is InChI=1S/C18H33NO15S3/c1-36(27)5-3-2-4-10(19-34-37(28,29)30)35-18-15(26)13(24)16(9(7-21)32-18)33-17-14(25)12(23)11(22)8(6-20)31-17/h8-9,11-18,20-26H,2-7H2,1H3,(H,28,29,30)/b19-10-/t8-,9-,11-,12+,13-,14-,15-,16-,17-,18+,36?/m1/s1. The minimum atomic E-state index is -4.95. The van der Waals surface area contributed by atoms with Crippen LogP contribution in [0.2, 0.25) is 0 Å². The zero-order chi connectivity index (χ0) is 27.9. The van der Waals surface area contributed by atoms with E-state index in [2.05, 4.69) is 9.44 Å². The third-order valence-electron chi connectivity index (χ3n) is 5.52. The molecule has 2 rings (SSSR count). The van der Waals surface area contributed by atoms with Crippen molar-refractivity contribution in [3.63, 3.8) is 0 Å². The van der Waals surface area contributed by atoms with Crippen molar-refractivity contribution in [2.75, 3.05) is 25.2 Å². The largest absolute Gasteiger partial charge is 0.466 e. The van der Waals surface area contributed by atoms with Crippen molar-refractivity contribution in [1.29, 1.82) is 0 Å². The summed E-state index contributed by atoms with van der Waals surface area (Å²) in [5.74, 6) is 0.363. The van der Waals surface area contributed by atoms with E-state index in [-0.39, 0.29) is 11.5 Å². The predicted molar refractivity (Wildman–Crippen MR) is 127 cm³/mol. The van der Waals surface area contributed by atoms with Crippen LogP contribution >= 0.6 is 11.8 Å². The molecule has 0 amide bonds. The Morgan fingerprint density at radius 2 is 1.59 bits per heavy atom. The quantitative estimate of drug-likeness (QED) is 0.0349. The average molecular weight is 600 g/mol. The smallest absolute Gasteiger partial charge is 0.394 e. The third kappa shape index (κ3) is 9.57. The normalized spacial score (nSPS) is 38.4. The van der Waals surface area contributed by atoms with Crippen molar-refractivity contribution in [2.24, 2.45) is 5.16 Å². The maximum absolute atomic E-state index is 11.2. The Balaban J connectivity index is 2.13. The van der Waals surface area contributed by atoms with E-state index in [0.717, 1.165) is 0 Å². The molecule has 2 aliphatic heterocycles. The Morgan fingerprint density at radius 3 is 2.16 bits per heavy atom. The van der Waals surface area contributed by atoms with Crippen LogP contribution in [0.4, 0.5) is 0 Å². The lowest BCUT2D eigenvalue weighted by Crippen LogP contribution is -2.64. The Morgan fingerprint density at radius 1 is 0.946 bits per heavy atom. The lowest BCUT2D eigenvalue weighted by Gasteiger charge is -2.46. The van der Waals surface area contributed by atoms with Crippen LogP contribution in [-0.2, 0) is 39.7 Å². The van der Waals surface area contributed by atoms with Gasteiger partial charge in [-0.1, -0.05) is 16.9 Å². The summed E-state index contributed by atoms with van der Waals surface area (Å²) in [5, 5.41) is 73.7. The van der Waals surface area contributed by atoms with E-state index in [1.165, 1.54) is 6.26 Å². The Labute approximate surface area is 219 Å². The predicted octanol–water partition coefficient (Wildman–Crippen LogP) is -3.97. The molecule has 0 aromatic heterocycles. The van der Waals surface area contributed by atoms with Crippen molar-refractivity contribution in [1.82, 2.24) is 0 Å². The zero-order valence-electron chi connectivity index (χ0n) is 19.6. The molecule has 218 valence electrons. The molecular formula is C18H33NO15S3. The first-order valence-corrected chi connectivity index (χ1v) is 15.0. The fraction of sp³-hybridized carbons (Fsp3) is 0.944. The molecule has 2 saturated heterocycles. The van der Waals surface area contributed by atoms with Gasteiger partial charge in [-0.3, -0.25) is 8.76 Å². The van der Waals surface area contributed by atoms with Gasteiger partial charge in [-0.25, -0.2) is 4.28 Å². The molecule has 0 radical (unpaired) electrons. The highest BCUT2D eigenvalue weighted by molar-refractivity contribution is 8.14. The second-order valence-corrected chi connectivity index (χ2v) is 12.1. The monoisotopic (exact) mass is 599 g/mol. The van der Waals surface area contributed by atoms with Gasteiger partial charge in [-0.15, -0.1) is 0 Å². The van der Waals surface area contributed by atoms with E-state index < -0.39 is 95.0 Å². The molecule has 37 heavy (non-hydrogen) atoms. The fourth-order valence-corrected chi connectivity index (χ4v) is 5.53. The van der Waals surface area contributed by atoms with Gasteiger partial charge in [0.2, 0.25) is 0 Å². The summed E-state index contributed by atoms with van der Waals surface area (Å²) < 4.78 is 62.3. The lowest BCUT2D eigenvalue weighted by molar-refractivity contribution is -0.338. The molecule has 0 aromatic rings.